The fourth-order valence-corrected chi connectivity index (χ4v) is 1.84. The number of esters is 1. The summed E-state index contributed by atoms with van der Waals surface area (Å²) in [7, 11) is 0. The Morgan fingerprint density at radius 2 is 2.28 bits per heavy atom. The Morgan fingerprint density at radius 1 is 1.44 bits per heavy atom. The van der Waals surface area contributed by atoms with E-state index in [0.717, 1.165) is 11.3 Å². The van der Waals surface area contributed by atoms with Crippen molar-refractivity contribution < 1.29 is 9.53 Å². The number of aromatic nitrogens is 2. The maximum atomic E-state index is 11.4. The van der Waals surface area contributed by atoms with Crippen LogP contribution in [0.15, 0.2) is 30.3 Å². The van der Waals surface area contributed by atoms with Crippen LogP contribution in [-0.4, -0.2) is 22.8 Å². The SMILES string of the molecule is CCOC(=O)c1cc(Cc2cccc(Cl)c2)[nH]n1. The van der Waals surface area contributed by atoms with Gasteiger partial charge in [-0.15, -0.1) is 0 Å². The van der Waals surface area contributed by atoms with Crippen molar-refractivity contribution >= 4 is 17.6 Å². The Labute approximate surface area is 110 Å². The third-order valence-electron chi connectivity index (χ3n) is 2.40. The molecule has 0 fully saturated rings. The van der Waals surface area contributed by atoms with Crippen molar-refractivity contribution in [2.45, 2.75) is 13.3 Å². The first kappa shape index (κ1) is 12.6. The lowest BCUT2D eigenvalue weighted by Crippen LogP contribution is -2.04. The van der Waals surface area contributed by atoms with Crippen LogP contribution in [0.25, 0.3) is 0 Å². The molecule has 0 radical (unpaired) electrons. The Morgan fingerprint density at radius 3 is 3.00 bits per heavy atom. The van der Waals surface area contributed by atoms with Crippen molar-refractivity contribution in [3.8, 4) is 0 Å². The van der Waals surface area contributed by atoms with Gasteiger partial charge >= 0.3 is 5.97 Å². The molecule has 2 aromatic rings. The van der Waals surface area contributed by atoms with Gasteiger partial charge in [0.05, 0.1) is 6.61 Å². The van der Waals surface area contributed by atoms with Gasteiger partial charge in [-0.1, -0.05) is 23.7 Å². The number of carbonyl (C=O) groups excluding carboxylic acids is 1. The fourth-order valence-electron chi connectivity index (χ4n) is 1.63. The first-order valence-corrected chi connectivity index (χ1v) is 6.02. The minimum absolute atomic E-state index is 0.300. The lowest BCUT2D eigenvalue weighted by atomic mass is 10.1. The van der Waals surface area contributed by atoms with Crippen LogP contribution in [-0.2, 0) is 11.2 Å². The molecular formula is C13H13ClN2O2. The van der Waals surface area contributed by atoms with Gasteiger partial charge in [0.2, 0.25) is 0 Å². The Kier molecular flexibility index (Phi) is 3.99. The maximum Gasteiger partial charge on any atom is 0.358 e. The summed E-state index contributed by atoms with van der Waals surface area (Å²) in [5, 5.41) is 7.43. The molecule has 2 rings (SSSR count). The molecule has 18 heavy (non-hydrogen) atoms. The molecule has 0 aliphatic carbocycles. The largest absolute Gasteiger partial charge is 0.461 e. The Balaban J connectivity index is 2.09. The molecule has 4 nitrogen and oxygen atoms in total. The lowest BCUT2D eigenvalue weighted by Gasteiger charge is -1.98. The summed E-state index contributed by atoms with van der Waals surface area (Å²) in [6.45, 7) is 2.10. The second-order valence-electron chi connectivity index (χ2n) is 3.81. The van der Waals surface area contributed by atoms with Gasteiger partial charge in [-0.3, -0.25) is 5.10 Å². The van der Waals surface area contributed by atoms with E-state index in [4.69, 9.17) is 16.3 Å². The highest BCUT2D eigenvalue weighted by molar-refractivity contribution is 6.30. The van der Waals surface area contributed by atoms with E-state index in [9.17, 15) is 4.79 Å². The monoisotopic (exact) mass is 264 g/mol. The molecule has 1 aromatic heterocycles. The van der Waals surface area contributed by atoms with Gasteiger partial charge in [-0.2, -0.15) is 5.10 Å². The number of carbonyl (C=O) groups is 1. The maximum absolute atomic E-state index is 11.4. The zero-order chi connectivity index (χ0) is 13.0. The van der Waals surface area contributed by atoms with Crippen molar-refractivity contribution in [2.24, 2.45) is 0 Å². The highest BCUT2D eigenvalue weighted by Gasteiger charge is 2.11. The van der Waals surface area contributed by atoms with Crippen molar-refractivity contribution in [2.75, 3.05) is 6.61 Å². The molecule has 0 saturated carbocycles. The molecular weight excluding hydrogens is 252 g/mol. The number of halogens is 1. The lowest BCUT2D eigenvalue weighted by molar-refractivity contribution is 0.0519. The summed E-state index contributed by atoms with van der Waals surface area (Å²) in [6, 6.07) is 9.25. The van der Waals surface area contributed by atoms with Crippen LogP contribution in [0.4, 0.5) is 0 Å². The Bertz CT molecular complexity index is 551. The number of hydrogen-bond acceptors (Lipinski definition) is 3. The summed E-state index contributed by atoms with van der Waals surface area (Å²) in [5.41, 5.74) is 2.20. The third kappa shape index (κ3) is 3.11. The minimum Gasteiger partial charge on any atom is -0.461 e. The summed E-state index contributed by atoms with van der Waals surface area (Å²) < 4.78 is 4.87. The van der Waals surface area contributed by atoms with Gasteiger partial charge < -0.3 is 4.74 Å². The van der Waals surface area contributed by atoms with Gasteiger partial charge in [-0.25, -0.2) is 4.79 Å². The minimum atomic E-state index is -0.411. The van der Waals surface area contributed by atoms with E-state index in [1.165, 1.54) is 0 Å². The van der Waals surface area contributed by atoms with E-state index < -0.39 is 5.97 Å². The number of H-pyrrole nitrogens is 1. The van der Waals surface area contributed by atoms with Crippen LogP contribution in [0.5, 0.6) is 0 Å². The van der Waals surface area contributed by atoms with Crippen LogP contribution >= 0.6 is 11.6 Å². The Hall–Kier alpha value is -1.81. The van der Waals surface area contributed by atoms with E-state index in [1.54, 1.807) is 13.0 Å². The predicted octanol–water partition coefficient (Wildman–Crippen LogP) is 2.83. The summed E-state index contributed by atoms with van der Waals surface area (Å²) >= 11 is 5.91. The molecule has 5 heteroatoms. The van der Waals surface area contributed by atoms with Crippen LogP contribution in [0.2, 0.25) is 5.02 Å². The van der Waals surface area contributed by atoms with Crippen LogP contribution in [0.3, 0.4) is 0 Å². The normalized spacial score (nSPS) is 10.3. The molecule has 0 saturated heterocycles. The summed E-state index contributed by atoms with van der Waals surface area (Å²) in [6.07, 6.45) is 0.646. The molecule has 1 heterocycles. The van der Waals surface area contributed by atoms with Crippen molar-refractivity contribution in [1.82, 2.24) is 10.2 Å². The van der Waals surface area contributed by atoms with E-state index in [0.29, 0.717) is 23.7 Å². The quantitative estimate of drug-likeness (QED) is 0.864. The van der Waals surface area contributed by atoms with Gasteiger partial charge in [0.25, 0.3) is 0 Å². The topological polar surface area (TPSA) is 55.0 Å². The van der Waals surface area contributed by atoms with Gasteiger partial charge in [-0.05, 0) is 30.7 Å². The van der Waals surface area contributed by atoms with Crippen LogP contribution in [0, 0.1) is 0 Å². The summed E-state index contributed by atoms with van der Waals surface area (Å²) in [4.78, 5) is 11.4. The zero-order valence-corrected chi connectivity index (χ0v) is 10.7. The first-order chi connectivity index (χ1) is 8.69. The van der Waals surface area contributed by atoms with Gasteiger partial charge in [0, 0.05) is 17.1 Å². The molecule has 1 N–H and O–H groups in total. The van der Waals surface area contributed by atoms with Crippen LogP contribution in [0.1, 0.15) is 28.7 Å². The van der Waals surface area contributed by atoms with Gasteiger partial charge in [0.15, 0.2) is 5.69 Å². The van der Waals surface area contributed by atoms with Crippen molar-refractivity contribution in [1.29, 1.82) is 0 Å². The number of aromatic amines is 1. The molecule has 1 aromatic carbocycles. The molecule has 0 atom stereocenters. The van der Waals surface area contributed by atoms with E-state index in [2.05, 4.69) is 10.2 Å². The number of nitrogens with zero attached hydrogens (tertiary/aromatic N) is 1. The number of nitrogens with one attached hydrogen (secondary N) is 1. The average Bonchev–Trinajstić information content (AvgIpc) is 2.78. The average molecular weight is 265 g/mol. The molecule has 0 aliphatic rings. The zero-order valence-electron chi connectivity index (χ0n) is 9.94. The van der Waals surface area contributed by atoms with E-state index in [-0.39, 0.29) is 0 Å². The highest BCUT2D eigenvalue weighted by Crippen LogP contribution is 2.14. The second-order valence-corrected chi connectivity index (χ2v) is 4.24. The molecule has 0 amide bonds. The molecule has 0 bridgehead atoms. The van der Waals surface area contributed by atoms with E-state index >= 15 is 0 Å². The van der Waals surface area contributed by atoms with Crippen molar-refractivity contribution in [3.05, 3.63) is 52.3 Å². The third-order valence-corrected chi connectivity index (χ3v) is 2.63. The summed E-state index contributed by atoms with van der Waals surface area (Å²) in [5.74, 6) is -0.411. The first-order valence-electron chi connectivity index (χ1n) is 5.65. The smallest absolute Gasteiger partial charge is 0.358 e. The molecule has 0 unspecified atom stereocenters. The number of rotatable bonds is 4. The molecule has 94 valence electrons. The highest BCUT2D eigenvalue weighted by atomic mass is 35.5. The standard InChI is InChI=1S/C13H13ClN2O2/c1-2-18-13(17)12-8-11(15-16-12)7-9-4-3-5-10(14)6-9/h3-6,8H,2,7H2,1H3,(H,15,16). The van der Waals surface area contributed by atoms with E-state index in [1.807, 2.05) is 24.3 Å². The molecule has 0 spiro atoms. The fraction of sp³-hybridized carbons (Fsp3) is 0.231. The number of hydrogen-bond donors (Lipinski definition) is 1. The predicted molar refractivity (Wildman–Crippen MR) is 68.8 cm³/mol. The van der Waals surface area contributed by atoms with Crippen LogP contribution < -0.4 is 0 Å². The molecule has 0 aliphatic heterocycles. The van der Waals surface area contributed by atoms with Crippen molar-refractivity contribution in [3.63, 3.8) is 0 Å². The number of benzene rings is 1. The number of ether oxygens (including phenoxy) is 1. The van der Waals surface area contributed by atoms with Gasteiger partial charge in [0.1, 0.15) is 0 Å². The second kappa shape index (κ2) is 5.69.